The maximum absolute atomic E-state index is 12.8. The summed E-state index contributed by atoms with van der Waals surface area (Å²) in [7, 11) is 0. The normalized spacial score (nSPS) is 19.9. The van der Waals surface area contributed by atoms with Crippen LogP contribution in [-0.4, -0.2) is 89.0 Å². The summed E-state index contributed by atoms with van der Waals surface area (Å²) in [6.45, 7) is 3.44. The van der Waals surface area contributed by atoms with Crippen molar-refractivity contribution < 1.29 is 49.0 Å². The van der Waals surface area contributed by atoms with Gasteiger partial charge in [0.25, 0.3) is 0 Å². The summed E-state index contributed by atoms with van der Waals surface area (Å²) in [5.74, 6) is -0.803. The fraction of sp³-hybridized carbons (Fsp3) is 0.920. The van der Waals surface area contributed by atoms with Gasteiger partial charge in [0.2, 0.25) is 0 Å². The third-order valence-corrected chi connectivity index (χ3v) is 11.9. The third kappa shape index (κ3) is 32.2. The van der Waals surface area contributed by atoms with Gasteiger partial charge in [0.15, 0.2) is 12.4 Å². The lowest BCUT2D eigenvalue weighted by Crippen LogP contribution is -2.59. The van der Waals surface area contributed by atoms with Crippen LogP contribution in [0.3, 0.4) is 0 Å². The average Bonchev–Trinajstić information content (AvgIpc) is 3.25. The van der Waals surface area contributed by atoms with Crippen molar-refractivity contribution in [1.82, 2.24) is 0 Å². The lowest BCUT2D eigenvalue weighted by Gasteiger charge is -2.39. The molecular formula is C50H94O10. The zero-order valence-electron chi connectivity index (χ0n) is 38.7. The Labute approximate surface area is 367 Å². The highest BCUT2D eigenvalue weighted by molar-refractivity contribution is 5.70. The van der Waals surface area contributed by atoms with E-state index in [0.29, 0.717) is 6.42 Å². The summed E-state index contributed by atoms with van der Waals surface area (Å²) in [5.41, 5.74) is 0. The van der Waals surface area contributed by atoms with E-state index < -0.39 is 49.4 Å². The number of ether oxygens (including phenoxy) is 4. The standard InChI is InChI=1S/C50H94O10/c1-3-5-7-9-11-13-15-17-18-19-20-21-22-23-24-25-27-28-30-32-34-36-38-45(52)57-41-43(42-58-50-49(56)48(55)47(54)44(40-51)60-50)59-46(53)39-37-35-33-31-29-26-16-14-12-10-8-6-4-2/h14,16,43-44,47-51,54-56H,3-13,15,17-42H2,1-2H3/b16-14+/t43-,44-,47+,48?,49?,50-/m0/s1. The van der Waals surface area contributed by atoms with Crippen LogP contribution < -0.4 is 0 Å². The van der Waals surface area contributed by atoms with E-state index in [1.807, 2.05) is 0 Å². The van der Waals surface area contributed by atoms with Gasteiger partial charge in [-0.2, -0.15) is 0 Å². The van der Waals surface area contributed by atoms with E-state index in [9.17, 15) is 30.0 Å². The topological polar surface area (TPSA) is 152 Å². The number of carbonyl (C=O) groups excluding carboxylic acids is 2. The molecule has 0 aromatic rings. The molecule has 0 bridgehead atoms. The molecular weight excluding hydrogens is 761 g/mol. The highest BCUT2D eigenvalue weighted by atomic mass is 16.7. The molecule has 1 fully saturated rings. The summed E-state index contributed by atoms with van der Waals surface area (Å²) >= 11 is 0. The first-order valence-electron chi connectivity index (χ1n) is 25.3. The first-order chi connectivity index (χ1) is 29.3. The summed E-state index contributed by atoms with van der Waals surface area (Å²) in [6, 6.07) is 0. The largest absolute Gasteiger partial charge is 0.462 e. The highest BCUT2D eigenvalue weighted by Crippen LogP contribution is 2.23. The van der Waals surface area contributed by atoms with Crippen LogP contribution in [0.25, 0.3) is 0 Å². The smallest absolute Gasteiger partial charge is 0.306 e. The maximum Gasteiger partial charge on any atom is 0.306 e. The molecule has 10 heteroatoms. The second-order valence-electron chi connectivity index (χ2n) is 17.6. The quantitative estimate of drug-likeness (QED) is 0.0265. The Morgan fingerprint density at radius 3 is 1.32 bits per heavy atom. The Bertz CT molecular complexity index is 990. The van der Waals surface area contributed by atoms with Crippen molar-refractivity contribution in [3.63, 3.8) is 0 Å². The van der Waals surface area contributed by atoms with Crippen LogP contribution in [0.1, 0.15) is 239 Å². The molecule has 1 aliphatic rings. The molecule has 1 saturated heterocycles. The molecule has 0 radical (unpaired) electrons. The fourth-order valence-corrected chi connectivity index (χ4v) is 7.89. The molecule has 1 heterocycles. The summed E-state index contributed by atoms with van der Waals surface area (Å²) in [6.07, 6.45) is 38.0. The first kappa shape index (κ1) is 56.5. The maximum atomic E-state index is 12.8. The number of rotatable bonds is 43. The monoisotopic (exact) mass is 855 g/mol. The van der Waals surface area contributed by atoms with Crippen molar-refractivity contribution in [2.24, 2.45) is 0 Å². The molecule has 354 valence electrons. The lowest BCUT2D eigenvalue weighted by atomic mass is 9.99. The molecule has 0 saturated carbocycles. The van der Waals surface area contributed by atoms with E-state index >= 15 is 0 Å². The van der Waals surface area contributed by atoms with Crippen molar-refractivity contribution in [1.29, 1.82) is 0 Å². The molecule has 0 spiro atoms. The van der Waals surface area contributed by atoms with Gasteiger partial charge in [0, 0.05) is 12.8 Å². The average molecular weight is 855 g/mol. The SMILES string of the molecule is CCCCCC/C=C/CCCCCCCC(=O)O[C@@H](COC(=O)CCCCCCCCCCCCCCCCCCCCCCCC)CO[C@H]1O[C@@H](CO)[C@@H](O)C(O)C1O. The second-order valence-corrected chi connectivity index (χ2v) is 17.6. The van der Waals surface area contributed by atoms with E-state index in [4.69, 9.17) is 18.9 Å². The Balaban J connectivity index is 2.22. The first-order valence-corrected chi connectivity index (χ1v) is 25.3. The van der Waals surface area contributed by atoms with Crippen LogP contribution >= 0.6 is 0 Å². The van der Waals surface area contributed by atoms with Crippen LogP contribution in [0, 0.1) is 0 Å². The zero-order chi connectivity index (χ0) is 43.7. The van der Waals surface area contributed by atoms with E-state index in [-0.39, 0.29) is 32.0 Å². The Hall–Kier alpha value is -1.56. The number of hydrogen-bond acceptors (Lipinski definition) is 10. The van der Waals surface area contributed by atoms with E-state index in [1.54, 1.807) is 0 Å². The van der Waals surface area contributed by atoms with Gasteiger partial charge < -0.3 is 39.4 Å². The van der Waals surface area contributed by atoms with Gasteiger partial charge in [0.1, 0.15) is 31.0 Å². The van der Waals surface area contributed by atoms with E-state index in [2.05, 4.69) is 26.0 Å². The van der Waals surface area contributed by atoms with Gasteiger partial charge in [-0.3, -0.25) is 9.59 Å². The van der Waals surface area contributed by atoms with Crippen LogP contribution in [0.5, 0.6) is 0 Å². The van der Waals surface area contributed by atoms with Crippen LogP contribution in [-0.2, 0) is 28.5 Å². The van der Waals surface area contributed by atoms with Gasteiger partial charge in [-0.15, -0.1) is 0 Å². The zero-order valence-corrected chi connectivity index (χ0v) is 38.7. The summed E-state index contributed by atoms with van der Waals surface area (Å²) in [4.78, 5) is 25.4. The molecule has 1 aliphatic heterocycles. The van der Waals surface area contributed by atoms with E-state index in [1.165, 1.54) is 148 Å². The Morgan fingerprint density at radius 1 is 0.500 bits per heavy atom. The number of allylic oxidation sites excluding steroid dienone is 2. The highest BCUT2D eigenvalue weighted by Gasteiger charge is 2.44. The van der Waals surface area contributed by atoms with Crippen LogP contribution in [0.15, 0.2) is 12.2 Å². The third-order valence-electron chi connectivity index (χ3n) is 11.9. The number of unbranched alkanes of at least 4 members (excludes halogenated alkanes) is 30. The molecule has 0 amide bonds. The molecule has 0 aromatic heterocycles. The molecule has 0 aliphatic carbocycles. The minimum absolute atomic E-state index is 0.215. The molecule has 10 nitrogen and oxygen atoms in total. The number of aliphatic hydroxyl groups excluding tert-OH is 4. The number of carbonyl (C=O) groups is 2. The minimum Gasteiger partial charge on any atom is -0.462 e. The van der Waals surface area contributed by atoms with Gasteiger partial charge in [-0.05, 0) is 38.5 Å². The Morgan fingerprint density at radius 2 is 0.883 bits per heavy atom. The molecule has 1 rings (SSSR count). The molecule has 60 heavy (non-hydrogen) atoms. The predicted molar refractivity (Wildman–Crippen MR) is 243 cm³/mol. The molecule has 2 unspecified atom stereocenters. The summed E-state index contributed by atoms with van der Waals surface area (Å²) < 4.78 is 22.2. The van der Waals surface area contributed by atoms with E-state index in [0.717, 1.165) is 57.8 Å². The lowest BCUT2D eigenvalue weighted by molar-refractivity contribution is -0.305. The van der Waals surface area contributed by atoms with Gasteiger partial charge in [0.05, 0.1) is 13.2 Å². The van der Waals surface area contributed by atoms with Crippen molar-refractivity contribution in [3.05, 3.63) is 12.2 Å². The number of hydrogen-bond donors (Lipinski definition) is 4. The van der Waals surface area contributed by atoms with Gasteiger partial charge in [-0.1, -0.05) is 199 Å². The van der Waals surface area contributed by atoms with Crippen LogP contribution in [0.4, 0.5) is 0 Å². The second kappa shape index (κ2) is 41.5. The van der Waals surface area contributed by atoms with Crippen molar-refractivity contribution in [2.75, 3.05) is 19.8 Å². The van der Waals surface area contributed by atoms with Gasteiger partial charge in [-0.25, -0.2) is 0 Å². The number of aliphatic hydroxyl groups is 4. The van der Waals surface area contributed by atoms with Crippen molar-refractivity contribution in [2.45, 2.75) is 275 Å². The molecule has 6 atom stereocenters. The van der Waals surface area contributed by atoms with Crippen molar-refractivity contribution >= 4 is 11.9 Å². The van der Waals surface area contributed by atoms with Crippen molar-refractivity contribution in [3.8, 4) is 0 Å². The Kier molecular flexibility index (Phi) is 39.0. The van der Waals surface area contributed by atoms with Gasteiger partial charge >= 0.3 is 11.9 Å². The molecule has 0 aromatic carbocycles. The fourth-order valence-electron chi connectivity index (χ4n) is 7.89. The predicted octanol–water partition coefficient (Wildman–Crippen LogP) is 11.5. The number of esters is 2. The molecule has 4 N–H and O–H groups in total. The minimum atomic E-state index is -1.59. The summed E-state index contributed by atoms with van der Waals surface area (Å²) in [5, 5.41) is 40.1. The van der Waals surface area contributed by atoms with Crippen LogP contribution in [0.2, 0.25) is 0 Å².